The summed E-state index contributed by atoms with van der Waals surface area (Å²) in [6.45, 7) is 18.9. The maximum atomic E-state index is 13.0. The molecule has 0 amide bonds. The molecule has 0 N–H and O–H groups in total. The van der Waals surface area contributed by atoms with Crippen LogP contribution in [0.1, 0.15) is 145 Å². The van der Waals surface area contributed by atoms with Crippen LogP contribution in [0.15, 0.2) is 23.3 Å². The Morgan fingerprint density at radius 3 is 2.46 bits per heavy atom. The topological polar surface area (TPSA) is 35.5 Å². The Kier molecular flexibility index (Phi) is 9.15. The zero-order valence-electron chi connectivity index (χ0n) is 27.9. The largest absolute Gasteiger partial charge is 0.509 e. The second-order valence-corrected chi connectivity index (χ2v) is 16.7. The van der Waals surface area contributed by atoms with Gasteiger partial charge in [0.25, 0.3) is 0 Å². The van der Waals surface area contributed by atoms with Gasteiger partial charge in [0.2, 0.25) is 0 Å². The molecule has 3 saturated carbocycles. The van der Waals surface area contributed by atoms with Crippen molar-refractivity contribution in [3.05, 3.63) is 23.3 Å². The maximum absolute atomic E-state index is 13.0. The van der Waals surface area contributed by atoms with Gasteiger partial charge in [-0.1, -0.05) is 77.2 Å². The highest BCUT2D eigenvalue weighted by atomic mass is 16.7. The lowest BCUT2D eigenvalue weighted by Crippen LogP contribution is -2.51. The van der Waals surface area contributed by atoms with Crippen LogP contribution in [-0.2, 0) is 9.47 Å². The Labute approximate surface area is 252 Å². The monoisotopic (exact) mass is 566 g/mol. The zero-order valence-corrected chi connectivity index (χ0v) is 27.9. The van der Waals surface area contributed by atoms with E-state index < -0.39 is 11.8 Å². The third-order valence-electron chi connectivity index (χ3n) is 13.5. The highest BCUT2D eigenvalue weighted by molar-refractivity contribution is 5.61. The molecule has 0 heterocycles. The van der Waals surface area contributed by atoms with Crippen LogP contribution in [0.4, 0.5) is 4.79 Å². The Morgan fingerprint density at radius 1 is 0.976 bits per heavy atom. The van der Waals surface area contributed by atoms with E-state index in [1.807, 2.05) is 0 Å². The highest BCUT2D eigenvalue weighted by Gasteiger charge is 2.59. The van der Waals surface area contributed by atoms with Gasteiger partial charge in [-0.15, -0.1) is 0 Å². The Hall–Kier alpha value is -1.25. The molecule has 3 nitrogen and oxygen atoms in total. The molecule has 0 spiro atoms. The molecule has 5 aliphatic carbocycles. The van der Waals surface area contributed by atoms with Gasteiger partial charge in [0.15, 0.2) is 0 Å². The van der Waals surface area contributed by atoms with Gasteiger partial charge in [0, 0.05) is 12.3 Å². The van der Waals surface area contributed by atoms with Gasteiger partial charge in [-0.05, 0) is 131 Å². The Bertz CT molecular complexity index is 1000. The Balaban J connectivity index is 1.19. The third-order valence-corrected chi connectivity index (χ3v) is 13.5. The number of fused-ring (bicyclic) bond motifs is 5. The van der Waals surface area contributed by atoms with Crippen molar-refractivity contribution in [2.75, 3.05) is 0 Å². The predicted octanol–water partition coefficient (Wildman–Crippen LogP) is 11.1. The first-order valence-electron chi connectivity index (χ1n) is 17.6. The van der Waals surface area contributed by atoms with Crippen LogP contribution in [0.25, 0.3) is 0 Å². The predicted molar refractivity (Wildman–Crippen MR) is 170 cm³/mol. The fourth-order valence-electron chi connectivity index (χ4n) is 10.8. The first-order valence-corrected chi connectivity index (χ1v) is 17.6. The summed E-state index contributed by atoms with van der Waals surface area (Å²) in [5.74, 6) is 5.49. The zero-order chi connectivity index (χ0) is 29.6. The molecule has 0 aromatic carbocycles. The summed E-state index contributed by atoms with van der Waals surface area (Å²) in [7, 11) is 0. The fraction of sp³-hybridized carbons (Fsp3) is 0.868. The van der Waals surface area contributed by atoms with Crippen LogP contribution in [-0.4, -0.2) is 17.9 Å². The molecular formula is C38H62O3. The molecule has 41 heavy (non-hydrogen) atoms. The molecule has 5 aliphatic rings. The van der Waals surface area contributed by atoms with Gasteiger partial charge in [0.1, 0.15) is 11.7 Å². The quantitative estimate of drug-likeness (QED) is 0.216. The van der Waals surface area contributed by atoms with Gasteiger partial charge in [-0.2, -0.15) is 0 Å². The first-order chi connectivity index (χ1) is 19.3. The SMILES string of the molecule is CC1=CCC(C(C)(C)OC(=O)OC2CC[C@@]3(C)C(=CCC4C3CC[C@@]3(C)C4CC[C@@H]3[C@H](C)CCCC(C)C)C2)CC1. The van der Waals surface area contributed by atoms with E-state index in [0.29, 0.717) is 11.3 Å². The molecule has 0 aliphatic heterocycles. The molecule has 3 fully saturated rings. The summed E-state index contributed by atoms with van der Waals surface area (Å²) in [6.07, 6.45) is 21.7. The second-order valence-electron chi connectivity index (χ2n) is 16.7. The molecule has 0 saturated heterocycles. The van der Waals surface area contributed by atoms with Crippen molar-refractivity contribution >= 4 is 6.16 Å². The minimum atomic E-state index is -0.491. The van der Waals surface area contributed by atoms with E-state index in [4.69, 9.17) is 9.47 Å². The van der Waals surface area contributed by atoms with Crippen molar-refractivity contribution in [1.29, 1.82) is 0 Å². The van der Waals surface area contributed by atoms with E-state index in [1.165, 1.54) is 56.9 Å². The van der Waals surface area contributed by atoms with Gasteiger partial charge >= 0.3 is 6.16 Å². The number of allylic oxidation sites excluding steroid dienone is 3. The smallest absolute Gasteiger partial charge is 0.431 e. The molecule has 5 unspecified atom stereocenters. The van der Waals surface area contributed by atoms with Gasteiger partial charge < -0.3 is 9.47 Å². The van der Waals surface area contributed by atoms with Gasteiger partial charge in [-0.25, -0.2) is 4.79 Å². The van der Waals surface area contributed by atoms with Crippen molar-refractivity contribution < 1.29 is 14.3 Å². The van der Waals surface area contributed by atoms with Crippen LogP contribution in [0.3, 0.4) is 0 Å². The molecule has 232 valence electrons. The molecular weight excluding hydrogens is 504 g/mol. The van der Waals surface area contributed by atoms with Crippen molar-refractivity contribution in [3.63, 3.8) is 0 Å². The first kappa shape index (κ1) is 31.2. The number of rotatable bonds is 8. The van der Waals surface area contributed by atoms with E-state index in [-0.39, 0.29) is 11.5 Å². The van der Waals surface area contributed by atoms with Crippen molar-refractivity contribution in [2.45, 2.75) is 157 Å². The van der Waals surface area contributed by atoms with Crippen LogP contribution in [0.2, 0.25) is 0 Å². The van der Waals surface area contributed by atoms with Crippen LogP contribution in [0.5, 0.6) is 0 Å². The number of hydrogen-bond acceptors (Lipinski definition) is 3. The average molecular weight is 567 g/mol. The van der Waals surface area contributed by atoms with Gasteiger partial charge in [0.05, 0.1) is 0 Å². The van der Waals surface area contributed by atoms with E-state index in [2.05, 4.69) is 67.5 Å². The number of ether oxygens (including phenoxy) is 2. The van der Waals surface area contributed by atoms with Crippen LogP contribution < -0.4 is 0 Å². The number of hydrogen-bond donors (Lipinski definition) is 0. The second kappa shape index (κ2) is 12.0. The molecule has 5 rings (SSSR count). The van der Waals surface area contributed by atoms with E-state index >= 15 is 0 Å². The molecule has 3 heteroatoms. The summed E-state index contributed by atoms with van der Waals surface area (Å²) in [4.78, 5) is 13.0. The lowest BCUT2D eigenvalue weighted by molar-refractivity contribution is -0.0794. The van der Waals surface area contributed by atoms with E-state index in [0.717, 1.165) is 74.0 Å². The number of carbonyl (C=O) groups is 1. The molecule has 0 aromatic rings. The molecule has 0 radical (unpaired) electrons. The fourth-order valence-corrected chi connectivity index (χ4v) is 10.8. The molecule has 0 bridgehead atoms. The summed E-state index contributed by atoms with van der Waals surface area (Å²) in [5, 5.41) is 0. The van der Waals surface area contributed by atoms with Crippen LogP contribution >= 0.6 is 0 Å². The summed E-state index contributed by atoms with van der Waals surface area (Å²) in [5.41, 5.74) is 3.35. The normalized spacial score (nSPS) is 39.6. The lowest BCUT2D eigenvalue weighted by Gasteiger charge is -2.58. The number of carbonyl (C=O) groups excluding carboxylic acids is 1. The van der Waals surface area contributed by atoms with E-state index in [1.54, 1.807) is 5.57 Å². The summed E-state index contributed by atoms with van der Waals surface area (Å²) >= 11 is 0. The Morgan fingerprint density at radius 2 is 1.76 bits per heavy atom. The minimum absolute atomic E-state index is 0.0425. The average Bonchev–Trinajstić information content (AvgIpc) is 3.26. The molecule has 9 atom stereocenters. The van der Waals surface area contributed by atoms with Crippen molar-refractivity contribution in [1.82, 2.24) is 0 Å². The van der Waals surface area contributed by atoms with E-state index in [9.17, 15) is 4.79 Å². The lowest BCUT2D eigenvalue weighted by atomic mass is 9.47. The van der Waals surface area contributed by atoms with Gasteiger partial charge in [-0.3, -0.25) is 0 Å². The standard InChI is InChI=1S/C38H62O3/c1-25(2)10-9-11-27(4)32-18-19-33-31-17-16-29-24-30(20-22-37(29,7)34(31)21-23-38(32,33)8)40-35(39)41-36(5,6)28-14-12-26(3)13-15-28/h12,16,25,27-28,30-34H,9-11,13-15,17-24H2,1-8H3/t27-,28?,30?,31?,32-,33?,34?,37+,38-/m1/s1. The summed E-state index contributed by atoms with van der Waals surface area (Å²) in [6, 6.07) is 0. The van der Waals surface area contributed by atoms with Crippen molar-refractivity contribution in [2.24, 2.45) is 52.3 Å². The third kappa shape index (κ3) is 6.22. The minimum Gasteiger partial charge on any atom is -0.431 e. The van der Waals surface area contributed by atoms with Crippen LogP contribution in [0, 0.1) is 52.3 Å². The highest BCUT2D eigenvalue weighted by Crippen LogP contribution is 2.67. The molecule has 0 aromatic heterocycles. The maximum Gasteiger partial charge on any atom is 0.509 e. The summed E-state index contributed by atoms with van der Waals surface area (Å²) < 4.78 is 12.0. The van der Waals surface area contributed by atoms with Crippen molar-refractivity contribution in [3.8, 4) is 0 Å².